The number of phenols is 1. The summed E-state index contributed by atoms with van der Waals surface area (Å²) < 4.78 is 11.1. The minimum atomic E-state index is -0.927. The topological polar surface area (TPSA) is 117 Å². The number of aliphatic carboxylic acids is 1. The fourth-order valence-electron chi connectivity index (χ4n) is 2.55. The summed E-state index contributed by atoms with van der Waals surface area (Å²) in [6.45, 7) is 0.130. The monoisotopic (exact) mass is 356 g/mol. The lowest BCUT2D eigenvalue weighted by Gasteiger charge is -2.10. The van der Waals surface area contributed by atoms with Gasteiger partial charge in [0.2, 0.25) is 11.2 Å². The molecule has 7 nitrogen and oxygen atoms in total. The van der Waals surface area contributed by atoms with Crippen molar-refractivity contribution >= 4 is 16.9 Å². The maximum Gasteiger partial charge on any atom is 0.303 e. The average Bonchev–Trinajstić information content (AvgIpc) is 2.62. The zero-order valence-corrected chi connectivity index (χ0v) is 13.6. The third-order valence-corrected chi connectivity index (χ3v) is 3.76. The van der Waals surface area contributed by atoms with E-state index in [0.717, 1.165) is 0 Å². The van der Waals surface area contributed by atoms with Crippen LogP contribution in [0.3, 0.4) is 0 Å². The van der Waals surface area contributed by atoms with Gasteiger partial charge in [-0.25, -0.2) is 0 Å². The Morgan fingerprint density at radius 3 is 2.54 bits per heavy atom. The summed E-state index contributed by atoms with van der Waals surface area (Å²) in [6.07, 6.45) is 0.254. The maximum atomic E-state index is 12.4. The van der Waals surface area contributed by atoms with Crippen molar-refractivity contribution in [2.75, 3.05) is 6.61 Å². The molecular formula is C19H16O7. The van der Waals surface area contributed by atoms with E-state index in [1.54, 1.807) is 30.3 Å². The predicted molar refractivity (Wildman–Crippen MR) is 93.6 cm³/mol. The quantitative estimate of drug-likeness (QED) is 0.581. The second kappa shape index (κ2) is 7.18. The summed E-state index contributed by atoms with van der Waals surface area (Å²) in [6, 6.07) is 11.3. The van der Waals surface area contributed by atoms with Crippen molar-refractivity contribution in [1.29, 1.82) is 0 Å². The maximum absolute atomic E-state index is 12.4. The predicted octanol–water partition coefficient (Wildman–Crippen LogP) is 3.11. The first-order chi connectivity index (χ1) is 12.5. The Balaban J connectivity index is 2.01. The molecule has 0 aliphatic heterocycles. The molecule has 26 heavy (non-hydrogen) atoms. The Hall–Kier alpha value is -3.48. The van der Waals surface area contributed by atoms with Crippen molar-refractivity contribution in [3.63, 3.8) is 0 Å². The Morgan fingerprint density at radius 2 is 1.85 bits per heavy atom. The zero-order chi connectivity index (χ0) is 18.7. The SMILES string of the molecule is O=C(O)CCCOc1cc(O)c2c(=O)c(O)c(-c3ccccc3)oc2c1. The van der Waals surface area contributed by atoms with Crippen molar-refractivity contribution in [2.24, 2.45) is 0 Å². The molecule has 0 atom stereocenters. The number of fused-ring (bicyclic) bond motifs is 1. The van der Waals surface area contributed by atoms with Gasteiger partial charge in [-0.05, 0) is 6.42 Å². The summed E-state index contributed by atoms with van der Waals surface area (Å²) in [7, 11) is 0. The molecule has 0 amide bonds. The molecule has 0 spiro atoms. The summed E-state index contributed by atoms with van der Waals surface area (Å²) in [5, 5.41) is 28.8. The molecule has 0 unspecified atom stereocenters. The van der Waals surface area contributed by atoms with Crippen molar-refractivity contribution < 1.29 is 29.3 Å². The van der Waals surface area contributed by atoms with Gasteiger partial charge in [0.05, 0.1) is 6.61 Å². The number of benzene rings is 2. The van der Waals surface area contributed by atoms with Gasteiger partial charge in [0.25, 0.3) is 0 Å². The van der Waals surface area contributed by atoms with Crippen LogP contribution >= 0.6 is 0 Å². The zero-order valence-electron chi connectivity index (χ0n) is 13.6. The number of carboxylic acid groups (broad SMARTS) is 1. The Morgan fingerprint density at radius 1 is 1.12 bits per heavy atom. The van der Waals surface area contributed by atoms with Gasteiger partial charge in [-0.15, -0.1) is 0 Å². The lowest BCUT2D eigenvalue weighted by atomic mass is 10.1. The summed E-state index contributed by atoms with van der Waals surface area (Å²) in [5.74, 6) is -1.68. The van der Waals surface area contributed by atoms with Crippen LogP contribution in [0.15, 0.2) is 51.7 Å². The van der Waals surface area contributed by atoms with Gasteiger partial charge in [-0.3, -0.25) is 9.59 Å². The van der Waals surface area contributed by atoms with Crippen molar-refractivity contribution in [3.8, 4) is 28.6 Å². The Bertz CT molecular complexity index is 1010. The van der Waals surface area contributed by atoms with Crippen molar-refractivity contribution in [3.05, 3.63) is 52.7 Å². The van der Waals surface area contributed by atoms with Gasteiger partial charge in [-0.1, -0.05) is 30.3 Å². The van der Waals surface area contributed by atoms with Crippen LogP contribution in [0.25, 0.3) is 22.3 Å². The van der Waals surface area contributed by atoms with Crippen LogP contribution in [-0.4, -0.2) is 27.9 Å². The van der Waals surface area contributed by atoms with E-state index in [0.29, 0.717) is 12.0 Å². The van der Waals surface area contributed by atoms with Crippen LogP contribution in [0.5, 0.6) is 17.2 Å². The van der Waals surface area contributed by atoms with E-state index < -0.39 is 17.1 Å². The fourth-order valence-corrected chi connectivity index (χ4v) is 2.55. The Kier molecular flexibility index (Phi) is 4.79. The van der Waals surface area contributed by atoms with Crippen molar-refractivity contribution in [2.45, 2.75) is 12.8 Å². The molecule has 3 N–H and O–H groups in total. The minimum absolute atomic E-state index is 0.00877. The molecule has 1 aromatic heterocycles. The first-order valence-corrected chi connectivity index (χ1v) is 7.90. The molecule has 0 aliphatic carbocycles. The molecular weight excluding hydrogens is 340 g/mol. The van der Waals surface area contributed by atoms with Gasteiger partial charge in [0.1, 0.15) is 22.5 Å². The van der Waals surface area contributed by atoms with Crippen LogP contribution in [0, 0.1) is 0 Å². The second-order valence-corrected chi connectivity index (χ2v) is 5.64. The van der Waals surface area contributed by atoms with Crippen LogP contribution in [0.4, 0.5) is 0 Å². The smallest absolute Gasteiger partial charge is 0.303 e. The number of rotatable bonds is 6. The van der Waals surface area contributed by atoms with Gasteiger partial charge >= 0.3 is 5.97 Å². The summed E-state index contributed by atoms with van der Waals surface area (Å²) >= 11 is 0. The highest BCUT2D eigenvalue weighted by Gasteiger charge is 2.18. The third kappa shape index (κ3) is 3.46. The number of aromatic hydroxyl groups is 2. The molecule has 2 aromatic carbocycles. The van der Waals surface area contributed by atoms with E-state index in [1.807, 2.05) is 0 Å². The van der Waals surface area contributed by atoms with Gasteiger partial charge in [0, 0.05) is 24.1 Å². The van der Waals surface area contributed by atoms with Crippen LogP contribution in [0.2, 0.25) is 0 Å². The lowest BCUT2D eigenvalue weighted by molar-refractivity contribution is -0.137. The molecule has 0 bridgehead atoms. The molecule has 0 saturated carbocycles. The summed E-state index contributed by atoms with van der Waals surface area (Å²) in [5.41, 5.74) is -0.184. The normalized spacial score (nSPS) is 10.8. The number of hydrogen-bond donors (Lipinski definition) is 3. The molecule has 3 rings (SSSR count). The minimum Gasteiger partial charge on any atom is -0.507 e. The highest BCUT2D eigenvalue weighted by atomic mass is 16.5. The number of hydrogen-bond acceptors (Lipinski definition) is 6. The molecule has 0 saturated heterocycles. The number of carbonyl (C=O) groups is 1. The van der Waals surface area contributed by atoms with E-state index in [1.165, 1.54) is 12.1 Å². The number of carboxylic acids is 1. The van der Waals surface area contributed by atoms with Gasteiger partial charge < -0.3 is 24.5 Å². The van der Waals surface area contributed by atoms with Gasteiger partial charge in [-0.2, -0.15) is 0 Å². The van der Waals surface area contributed by atoms with Crippen LogP contribution in [-0.2, 0) is 4.79 Å². The first-order valence-electron chi connectivity index (χ1n) is 7.90. The molecule has 0 radical (unpaired) electrons. The van der Waals surface area contributed by atoms with Crippen LogP contribution < -0.4 is 10.2 Å². The van der Waals surface area contributed by atoms with Crippen LogP contribution in [0.1, 0.15) is 12.8 Å². The van der Waals surface area contributed by atoms with Crippen molar-refractivity contribution in [1.82, 2.24) is 0 Å². The van der Waals surface area contributed by atoms with Gasteiger partial charge in [0.15, 0.2) is 5.76 Å². The van der Waals surface area contributed by atoms with E-state index in [9.17, 15) is 19.8 Å². The number of ether oxygens (including phenoxy) is 1. The highest BCUT2D eigenvalue weighted by Crippen LogP contribution is 2.35. The van der Waals surface area contributed by atoms with E-state index in [-0.39, 0.29) is 41.3 Å². The fraction of sp³-hybridized carbons (Fsp3) is 0.158. The first kappa shape index (κ1) is 17.3. The summed E-state index contributed by atoms with van der Waals surface area (Å²) in [4.78, 5) is 22.9. The van der Waals surface area contributed by atoms with E-state index in [4.69, 9.17) is 14.3 Å². The molecule has 3 aromatic rings. The lowest BCUT2D eigenvalue weighted by Crippen LogP contribution is -2.05. The molecule has 134 valence electrons. The van der Waals surface area contributed by atoms with E-state index in [2.05, 4.69) is 0 Å². The third-order valence-electron chi connectivity index (χ3n) is 3.76. The Labute approximate surface area is 147 Å². The molecule has 0 aliphatic rings. The van der Waals surface area contributed by atoms with E-state index >= 15 is 0 Å². The molecule has 0 fully saturated rings. The molecule has 1 heterocycles. The highest BCUT2D eigenvalue weighted by molar-refractivity contribution is 5.88. The standard InChI is InChI=1S/C19H16O7/c20-13-9-12(25-8-4-7-15(21)22)10-14-16(13)17(23)18(24)19(26-14)11-5-2-1-3-6-11/h1-3,5-6,9-10,20,24H,4,7-8H2,(H,21,22). The largest absolute Gasteiger partial charge is 0.507 e. The number of phenolic OH excluding ortho intramolecular Hbond substituents is 1. The second-order valence-electron chi connectivity index (χ2n) is 5.64. The average molecular weight is 356 g/mol. The molecule has 7 heteroatoms.